The fraction of sp³-hybridized carbons (Fsp3) is 0.0877. The minimum Gasteiger partial charge on any atom is -0.311 e. The Labute approximate surface area is 344 Å². The Hall–Kier alpha value is -6.96. The van der Waals surface area contributed by atoms with E-state index < -0.39 is 0 Å². The molecule has 0 spiro atoms. The van der Waals surface area contributed by atoms with E-state index in [1.54, 1.807) is 0 Å². The Balaban J connectivity index is 0.908. The van der Waals surface area contributed by atoms with Crippen LogP contribution in [0.1, 0.15) is 67.1 Å². The summed E-state index contributed by atoms with van der Waals surface area (Å²) in [5, 5.41) is 0. The summed E-state index contributed by atoms with van der Waals surface area (Å²) in [5.41, 5.74) is 19.5. The van der Waals surface area contributed by atoms with Crippen LogP contribution in [0.5, 0.6) is 0 Å². The van der Waals surface area contributed by atoms with E-state index in [9.17, 15) is 0 Å². The van der Waals surface area contributed by atoms with Crippen molar-refractivity contribution >= 4 is 41.4 Å². The SMILES string of the molecule is Cc1ccc(C(c2ccc(C)cc2)c2ccc(/C=C/c3ccc(-c4ccc(/C=C/c5ccc(N(c6ccc(C)cc6)c6ccc(C)cc6)cc5)cc4)cc3)cc2)cc1. The monoisotopic (exact) mass is 747 g/mol. The maximum absolute atomic E-state index is 2.31. The van der Waals surface area contributed by atoms with Gasteiger partial charge in [-0.15, -0.1) is 0 Å². The molecule has 1 nitrogen and oxygen atoms in total. The van der Waals surface area contributed by atoms with Crippen LogP contribution < -0.4 is 4.90 Å². The first-order chi connectivity index (χ1) is 28.3. The maximum Gasteiger partial charge on any atom is 0.0462 e. The van der Waals surface area contributed by atoms with Gasteiger partial charge in [-0.2, -0.15) is 0 Å². The predicted octanol–water partition coefficient (Wildman–Crippen LogP) is 15.6. The normalized spacial score (nSPS) is 11.5. The Morgan fingerprint density at radius 1 is 0.276 bits per heavy atom. The van der Waals surface area contributed by atoms with Crippen LogP contribution in [-0.2, 0) is 0 Å². The zero-order chi connectivity index (χ0) is 39.8. The van der Waals surface area contributed by atoms with Crippen LogP contribution >= 0.6 is 0 Å². The van der Waals surface area contributed by atoms with Gasteiger partial charge in [-0.25, -0.2) is 0 Å². The van der Waals surface area contributed by atoms with Crippen LogP contribution in [0.15, 0.2) is 194 Å². The van der Waals surface area contributed by atoms with Crippen molar-refractivity contribution < 1.29 is 0 Å². The second kappa shape index (κ2) is 17.5. The Morgan fingerprint density at radius 3 is 0.810 bits per heavy atom. The number of nitrogens with zero attached hydrogens (tertiary/aromatic N) is 1. The topological polar surface area (TPSA) is 3.24 Å². The highest BCUT2D eigenvalue weighted by molar-refractivity contribution is 5.79. The van der Waals surface area contributed by atoms with Crippen molar-refractivity contribution in [2.75, 3.05) is 4.90 Å². The van der Waals surface area contributed by atoms with Crippen molar-refractivity contribution in [2.24, 2.45) is 0 Å². The number of hydrogen-bond acceptors (Lipinski definition) is 1. The van der Waals surface area contributed by atoms with Gasteiger partial charge in [-0.1, -0.05) is 204 Å². The zero-order valence-electron chi connectivity index (χ0n) is 33.8. The van der Waals surface area contributed by atoms with E-state index in [-0.39, 0.29) is 5.92 Å². The molecule has 8 aromatic rings. The molecule has 0 atom stereocenters. The summed E-state index contributed by atoms with van der Waals surface area (Å²) < 4.78 is 0. The average Bonchev–Trinajstić information content (AvgIpc) is 3.26. The minimum absolute atomic E-state index is 0.195. The molecule has 58 heavy (non-hydrogen) atoms. The van der Waals surface area contributed by atoms with Gasteiger partial charge < -0.3 is 4.90 Å². The predicted molar refractivity (Wildman–Crippen MR) is 250 cm³/mol. The molecule has 0 saturated heterocycles. The molecule has 0 aromatic heterocycles. The Kier molecular flexibility index (Phi) is 11.4. The van der Waals surface area contributed by atoms with Crippen molar-refractivity contribution in [1.29, 1.82) is 0 Å². The summed E-state index contributed by atoms with van der Waals surface area (Å²) in [6.07, 6.45) is 8.76. The van der Waals surface area contributed by atoms with Gasteiger partial charge in [-0.05, 0) is 114 Å². The molecule has 0 heterocycles. The number of hydrogen-bond donors (Lipinski definition) is 0. The summed E-state index contributed by atoms with van der Waals surface area (Å²) in [7, 11) is 0. The van der Waals surface area contributed by atoms with Gasteiger partial charge in [-0.3, -0.25) is 0 Å². The van der Waals surface area contributed by atoms with E-state index in [0.717, 1.165) is 22.6 Å². The number of anilines is 3. The van der Waals surface area contributed by atoms with Crippen LogP contribution in [0.2, 0.25) is 0 Å². The third-order valence-corrected chi connectivity index (χ3v) is 10.9. The molecule has 1 heteroatoms. The first-order valence-corrected chi connectivity index (χ1v) is 20.2. The van der Waals surface area contributed by atoms with Crippen LogP contribution in [0, 0.1) is 27.7 Å². The molecule has 0 radical (unpaired) electrons. The van der Waals surface area contributed by atoms with Gasteiger partial charge in [0.15, 0.2) is 0 Å². The second-order valence-corrected chi connectivity index (χ2v) is 15.4. The molecular formula is C57H49N. The molecular weight excluding hydrogens is 699 g/mol. The van der Waals surface area contributed by atoms with E-state index >= 15 is 0 Å². The van der Waals surface area contributed by atoms with Gasteiger partial charge in [0.05, 0.1) is 0 Å². The lowest BCUT2D eigenvalue weighted by molar-refractivity contribution is 0.974. The van der Waals surface area contributed by atoms with Crippen LogP contribution in [-0.4, -0.2) is 0 Å². The largest absolute Gasteiger partial charge is 0.311 e. The fourth-order valence-electron chi connectivity index (χ4n) is 7.42. The highest BCUT2D eigenvalue weighted by Gasteiger charge is 2.17. The van der Waals surface area contributed by atoms with E-state index in [4.69, 9.17) is 0 Å². The Bertz CT molecular complexity index is 2330. The van der Waals surface area contributed by atoms with Gasteiger partial charge in [0, 0.05) is 23.0 Å². The standard InChI is InChI=1S/C57H49N/c1-41-5-25-51(26-6-41)57(52-27-7-42(2)8-28-52)53-33-21-47(22-34-53)14-13-45-17-29-49(30-18-45)50-31-19-46(20-32-50)15-16-48-23-39-56(40-24-48)58(54-35-9-43(3)10-36-54)55-37-11-44(4)12-38-55/h5-40,57H,1-4H3/b14-13+,16-15+. The van der Waals surface area contributed by atoms with E-state index in [1.807, 2.05) is 0 Å². The molecule has 8 rings (SSSR count). The van der Waals surface area contributed by atoms with E-state index in [2.05, 4.69) is 251 Å². The van der Waals surface area contributed by atoms with Crippen molar-refractivity contribution in [1.82, 2.24) is 0 Å². The Morgan fingerprint density at radius 2 is 0.500 bits per heavy atom. The quantitative estimate of drug-likeness (QED) is 0.0941. The fourth-order valence-corrected chi connectivity index (χ4v) is 7.42. The molecule has 0 unspecified atom stereocenters. The second-order valence-electron chi connectivity index (χ2n) is 15.4. The average molecular weight is 748 g/mol. The maximum atomic E-state index is 2.31. The zero-order valence-corrected chi connectivity index (χ0v) is 33.8. The molecule has 282 valence electrons. The molecule has 0 saturated carbocycles. The lowest BCUT2D eigenvalue weighted by Crippen LogP contribution is -2.09. The molecule has 0 bridgehead atoms. The summed E-state index contributed by atoms with van der Waals surface area (Å²) in [6.45, 7) is 8.54. The summed E-state index contributed by atoms with van der Waals surface area (Å²) in [4.78, 5) is 2.31. The third kappa shape index (κ3) is 9.18. The molecule has 8 aromatic carbocycles. The van der Waals surface area contributed by atoms with E-state index in [1.165, 1.54) is 66.8 Å². The smallest absolute Gasteiger partial charge is 0.0462 e. The first-order valence-electron chi connectivity index (χ1n) is 20.2. The van der Waals surface area contributed by atoms with Crippen molar-refractivity contribution in [2.45, 2.75) is 33.6 Å². The van der Waals surface area contributed by atoms with Crippen LogP contribution in [0.4, 0.5) is 17.1 Å². The van der Waals surface area contributed by atoms with Gasteiger partial charge in [0.2, 0.25) is 0 Å². The van der Waals surface area contributed by atoms with Crippen molar-refractivity contribution in [3.05, 3.63) is 255 Å². The molecule has 0 N–H and O–H groups in total. The molecule has 0 aliphatic carbocycles. The molecule has 0 aliphatic heterocycles. The number of rotatable bonds is 11. The minimum atomic E-state index is 0.195. The number of benzene rings is 8. The van der Waals surface area contributed by atoms with Crippen LogP contribution in [0.25, 0.3) is 35.4 Å². The van der Waals surface area contributed by atoms with E-state index in [0.29, 0.717) is 0 Å². The first kappa shape index (κ1) is 37.9. The highest BCUT2D eigenvalue weighted by atomic mass is 15.1. The van der Waals surface area contributed by atoms with Crippen LogP contribution in [0.3, 0.4) is 0 Å². The lowest BCUT2D eigenvalue weighted by Gasteiger charge is -2.25. The molecule has 0 fully saturated rings. The third-order valence-electron chi connectivity index (χ3n) is 10.9. The van der Waals surface area contributed by atoms with Crippen molar-refractivity contribution in [3.63, 3.8) is 0 Å². The van der Waals surface area contributed by atoms with Gasteiger partial charge in [0.25, 0.3) is 0 Å². The van der Waals surface area contributed by atoms with Gasteiger partial charge in [0.1, 0.15) is 0 Å². The van der Waals surface area contributed by atoms with Gasteiger partial charge >= 0.3 is 0 Å². The lowest BCUT2D eigenvalue weighted by atomic mass is 9.84. The molecule has 0 amide bonds. The highest BCUT2D eigenvalue weighted by Crippen LogP contribution is 2.36. The summed E-state index contributed by atoms with van der Waals surface area (Å²) in [5.74, 6) is 0.195. The summed E-state index contributed by atoms with van der Waals surface area (Å²) >= 11 is 0. The number of aryl methyl sites for hydroxylation is 4. The molecule has 0 aliphatic rings. The van der Waals surface area contributed by atoms with Crippen molar-refractivity contribution in [3.8, 4) is 11.1 Å². The summed E-state index contributed by atoms with van der Waals surface area (Å²) in [6, 6.07) is 70.7.